The Labute approximate surface area is 151 Å². The maximum atomic E-state index is 12.8. The van der Waals surface area contributed by atoms with Crippen LogP contribution in [0.25, 0.3) is 27.8 Å². The molecule has 0 saturated heterocycles. The van der Waals surface area contributed by atoms with Gasteiger partial charge in [-0.2, -0.15) is 23.1 Å². The molecular weight excluding hydrogens is 361 g/mol. The second kappa shape index (κ2) is 6.15. The van der Waals surface area contributed by atoms with E-state index in [4.69, 9.17) is 4.74 Å². The number of alkyl halides is 3. The highest BCUT2D eigenvalue weighted by atomic mass is 19.4. The first-order valence-electron chi connectivity index (χ1n) is 8.06. The van der Waals surface area contributed by atoms with Gasteiger partial charge in [-0.3, -0.25) is 0 Å². The number of H-pyrrole nitrogens is 1. The Morgan fingerprint density at radius 3 is 2.81 bits per heavy atom. The number of hydrogen-bond acceptors (Lipinski definition) is 5. The molecule has 4 aromatic rings. The lowest BCUT2D eigenvalue weighted by molar-refractivity contribution is -0.138. The van der Waals surface area contributed by atoms with E-state index in [0.29, 0.717) is 11.0 Å². The average molecular weight is 376 g/mol. The SMILES string of the molecule is COc1nc(NC(C)C(F)(F)F)nc2[nH]cc(-c3ccc4nccn4c3)c12. The molecule has 4 rings (SSSR count). The molecular formula is C17H15F3N6O. The Kier molecular flexibility index (Phi) is 3.90. The molecule has 0 radical (unpaired) electrons. The molecule has 0 saturated carbocycles. The number of aromatic nitrogens is 5. The third-order valence-electron chi connectivity index (χ3n) is 4.23. The van der Waals surface area contributed by atoms with Crippen LogP contribution in [0.1, 0.15) is 6.92 Å². The zero-order chi connectivity index (χ0) is 19.2. The number of nitrogens with zero attached hydrogens (tertiary/aromatic N) is 4. The third-order valence-corrected chi connectivity index (χ3v) is 4.23. The fourth-order valence-electron chi connectivity index (χ4n) is 2.79. The van der Waals surface area contributed by atoms with Gasteiger partial charge in [-0.1, -0.05) is 0 Å². The minimum absolute atomic E-state index is 0.164. The van der Waals surface area contributed by atoms with Gasteiger partial charge >= 0.3 is 6.18 Å². The van der Waals surface area contributed by atoms with Crippen molar-refractivity contribution in [1.29, 1.82) is 0 Å². The topological polar surface area (TPSA) is 80.1 Å². The van der Waals surface area contributed by atoms with Crippen molar-refractivity contribution < 1.29 is 17.9 Å². The standard InChI is InChI=1S/C17H15F3N6O/c1-9(17(18,19)20)23-16-24-14-13(15(25-16)27-2)11(7-22-14)10-3-4-12-21-5-6-26(12)8-10/h3-9H,1-2H3,(H2,22,23,24,25). The highest BCUT2D eigenvalue weighted by Gasteiger charge is 2.36. The van der Waals surface area contributed by atoms with Crippen molar-refractivity contribution in [3.8, 4) is 17.0 Å². The van der Waals surface area contributed by atoms with E-state index < -0.39 is 12.2 Å². The summed E-state index contributed by atoms with van der Waals surface area (Å²) in [5.74, 6) is 0.0153. The van der Waals surface area contributed by atoms with E-state index in [1.807, 2.05) is 28.9 Å². The number of fused-ring (bicyclic) bond motifs is 2. The van der Waals surface area contributed by atoms with Gasteiger partial charge in [0.15, 0.2) is 0 Å². The molecule has 0 aliphatic rings. The molecule has 0 spiro atoms. The van der Waals surface area contributed by atoms with Crippen LogP contribution >= 0.6 is 0 Å². The van der Waals surface area contributed by atoms with E-state index in [1.54, 1.807) is 12.4 Å². The summed E-state index contributed by atoms with van der Waals surface area (Å²) in [5, 5.41) is 2.84. The summed E-state index contributed by atoms with van der Waals surface area (Å²) >= 11 is 0. The molecule has 140 valence electrons. The lowest BCUT2D eigenvalue weighted by Gasteiger charge is -2.17. The average Bonchev–Trinajstić information content (AvgIpc) is 3.26. The van der Waals surface area contributed by atoms with E-state index in [0.717, 1.165) is 23.7 Å². The molecule has 0 fully saturated rings. The molecule has 2 N–H and O–H groups in total. The minimum atomic E-state index is -4.41. The van der Waals surface area contributed by atoms with Gasteiger partial charge in [0.1, 0.15) is 17.3 Å². The Morgan fingerprint density at radius 2 is 2.07 bits per heavy atom. The Hall–Kier alpha value is -3.30. The van der Waals surface area contributed by atoms with Crippen molar-refractivity contribution in [2.45, 2.75) is 19.1 Å². The molecule has 0 aromatic carbocycles. The number of methoxy groups -OCH3 is 1. The molecule has 0 aliphatic carbocycles. The highest BCUT2D eigenvalue weighted by molar-refractivity contribution is 5.97. The quantitative estimate of drug-likeness (QED) is 0.568. The molecule has 0 aliphatic heterocycles. The maximum absolute atomic E-state index is 12.8. The van der Waals surface area contributed by atoms with E-state index in [-0.39, 0.29) is 11.8 Å². The maximum Gasteiger partial charge on any atom is 0.408 e. The van der Waals surface area contributed by atoms with Crippen LogP contribution in [0.4, 0.5) is 19.1 Å². The van der Waals surface area contributed by atoms with Crippen molar-refractivity contribution >= 4 is 22.6 Å². The molecule has 4 aromatic heterocycles. The fourth-order valence-corrected chi connectivity index (χ4v) is 2.79. The van der Waals surface area contributed by atoms with Crippen LogP contribution in [-0.4, -0.2) is 43.7 Å². The third kappa shape index (κ3) is 3.03. The summed E-state index contributed by atoms with van der Waals surface area (Å²) in [6.07, 6.45) is 2.71. The normalized spacial score (nSPS) is 13.2. The zero-order valence-corrected chi connectivity index (χ0v) is 14.4. The minimum Gasteiger partial charge on any atom is -0.480 e. The van der Waals surface area contributed by atoms with Gasteiger partial charge in [0, 0.05) is 35.9 Å². The predicted molar refractivity (Wildman–Crippen MR) is 93.8 cm³/mol. The van der Waals surface area contributed by atoms with Crippen LogP contribution in [0, 0.1) is 0 Å². The van der Waals surface area contributed by atoms with Crippen molar-refractivity contribution in [3.05, 3.63) is 36.9 Å². The summed E-state index contributed by atoms with van der Waals surface area (Å²) in [6, 6.07) is 1.96. The summed E-state index contributed by atoms with van der Waals surface area (Å²) in [7, 11) is 1.41. The van der Waals surface area contributed by atoms with Crippen LogP contribution in [0.3, 0.4) is 0 Å². The monoisotopic (exact) mass is 376 g/mol. The first-order chi connectivity index (χ1) is 12.9. The van der Waals surface area contributed by atoms with Crippen LogP contribution in [0.2, 0.25) is 0 Å². The summed E-state index contributed by atoms with van der Waals surface area (Å²) in [6.45, 7) is 1.00. The van der Waals surface area contributed by atoms with Crippen molar-refractivity contribution in [2.24, 2.45) is 0 Å². The molecule has 0 bridgehead atoms. The van der Waals surface area contributed by atoms with E-state index in [1.165, 1.54) is 7.11 Å². The van der Waals surface area contributed by atoms with Crippen LogP contribution in [0.15, 0.2) is 36.9 Å². The van der Waals surface area contributed by atoms with Crippen molar-refractivity contribution in [2.75, 3.05) is 12.4 Å². The second-order valence-corrected chi connectivity index (χ2v) is 6.00. The molecule has 1 atom stereocenters. The smallest absolute Gasteiger partial charge is 0.408 e. The number of imidazole rings is 1. The number of hydrogen-bond donors (Lipinski definition) is 2. The lowest BCUT2D eigenvalue weighted by atomic mass is 10.1. The van der Waals surface area contributed by atoms with Gasteiger partial charge in [-0.15, -0.1) is 0 Å². The molecule has 0 amide bonds. The largest absolute Gasteiger partial charge is 0.480 e. The predicted octanol–water partition coefficient (Wildman–Crippen LogP) is 3.64. The summed E-state index contributed by atoms with van der Waals surface area (Å²) in [4.78, 5) is 15.4. The van der Waals surface area contributed by atoms with Crippen LogP contribution in [0.5, 0.6) is 5.88 Å². The van der Waals surface area contributed by atoms with Crippen molar-refractivity contribution in [3.63, 3.8) is 0 Å². The number of aromatic amines is 1. The summed E-state index contributed by atoms with van der Waals surface area (Å²) < 4.78 is 45.6. The number of anilines is 1. The van der Waals surface area contributed by atoms with E-state index >= 15 is 0 Å². The molecule has 4 heterocycles. The number of rotatable bonds is 4. The Balaban J connectivity index is 1.80. The van der Waals surface area contributed by atoms with Gasteiger partial charge in [0.25, 0.3) is 0 Å². The van der Waals surface area contributed by atoms with Gasteiger partial charge in [-0.25, -0.2) is 4.98 Å². The van der Waals surface area contributed by atoms with E-state index in [9.17, 15) is 13.2 Å². The number of halogens is 3. The zero-order valence-electron chi connectivity index (χ0n) is 14.4. The summed E-state index contributed by atoms with van der Waals surface area (Å²) in [5.41, 5.74) is 2.81. The Morgan fingerprint density at radius 1 is 1.26 bits per heavy atom. The molecule has 27 heavy (non-hydrogen) atoms. The number of ether oxygens (including phenoxy) is 1. The van der Waals surface area contributed by atoms with Gasteiger partial charge < -0.3 is 19.4 Å². The molecule has 1 unspecified atom stereocenters. The van der Waals surface area contributed by atoms with Crippen molar-refractivity contribution in [1.82, 2.24) is 24.3 Å². The molecule has 10 heteroatoms. The van der Waals surface area contributed by atoms with Gasteiger partial charge in [0.2, 0.25) is 11.8 Å². The van der Waals surface area contributed by atoms with E-state index in [2.05, 4.69) is 25.3 Å². The van der Waals surface area contributed by atoms with Crippen LogP contribution < -0.4 is 10.1 Å². The van der Waals surface area contributed by atoms with Gasteiger partial charge in [-0.05, 0) is 19.1 Å². The fraction of sp³-hybridized carbons (Fsp3) is 0.235. The highest BCUT2D eigenvalue weighted by Crippen LogP contribution is 2.34. The van der Waals surface area contributed by atoms with Crippen LogP contribution in [-0.2, 0) is 0 Å². The first-order valence-corrected chi connectivity index (χ1v) is 8.06. The number of nitrogens with one attached hydrogen (secondary N) is 2. The second-order valence-electron chi connectivity index (χ2n) is 6.00. The molecule has 7 nitrogen and oxygen atoms in total. The lowest BCUT2D eigenvalue weighted by Crippen LogP contribution is -2.33. The number of pyridine rings is 1. The Bertz CT molecular complexity index is 1120. The first kappa shape index (κ1) is 17.1. The van der Waals surface area contributed by atoms with Gasteiger partial charge in [0.05, 0.1) is 12.5 Å².